The Morgan fingerprint density at radius 3 is 2.58 bits per heavy atom. The van der Waals surface area contributed by atoms with Crippen LogP contribution in [0.3, 0.4) is 0 Å². The zero-order chi connectivity index (χ0) is 19.1. The minimum atomic E-state index is -0.0376. The fraction of sp³-hybridized carbons (Fsp3) is 0.474. The second-order valence-electron chi connectivity index (χ2n) is 5.80. The van der Waals surface area contributed by atoms with Crippen LogP contribution in [0.4, 0.5) is 0 Å². The summed E-state index contributed by atoms with van der Waals surface area (Å²) in [5, 5.41) is 0. The van der Waals surface area contributed by atoms with Crippen molar-refractivity contribution in [2.75, 3.05) is 40.4 Å². The van der Waals surface area contributed by atoms with Crippen LogP contribution >= 0.6 is 24.0 Å². The third kappa shape index (κ3) is 4.78. The van der Waals surface area contributed by atoms with Crippen molar-refractivity contribution in [1.82, 2.24) is 9.80 Å². The number of para-hydroxylation sites is 1. The van der Waals surface area contributed by atoms with E-state index in [1.807, 2.05) is 24.3 Å². The molecule has 0 atom stereocenters. The number of thioether (sulfide) groups is 1. The summed E-state index contributed by atoms with van der Waals surface area (Å²) >= 11 is 6.75. The first-order valence-corrected chi connectivity index (χ1v) is 9.96. The van der Waals surface area contributed by atoms with E-state index in [1.54, 1.807) is 19.1 Å². The lowest BCUT2D eigenvalue weighted by Gasteiger charge is -2.20. The van der Waals surface area contributed by atoms with Crippen LogP contribution in [0.1, 0.15) is 25.8 Å². The molecule has 0 saturated carbocycles. The zero-order valence-electron chi connectivity index (χ0n) is 15.8. The molecular weight excluding hydrogens is 368 g/mol. The van der Waals surface area contributed by atoms with Crippen LogP contribution in [0.2, 0.25) is 0 Å². The van der Waals surface area contributed by atoms with Gasteiger partial charge in [-0.05, 0) is 38.2 Å². The lowest BCUT2D eigenvalue weighted by atomic mass is 10.1. The van der Waals surface area contributed by atoms with E-state index in [2.05, 4.69) is 18.7 Å². The van der Waals surface area contributed by atoms with E-state index in [0.717, 1.165) is 31.6 Å². The van der Waals surface area contributed by atoms with Gasteiger partial charge in [0.25, 0.3) is 5.91 Å². The molecule has 1 saturated heterocycles. The molecule has 2 rings (SSSR count). The highest BCUT2D eigenvalue weighted by atomic mass is 32.2. The molecule has 1 aromatic carbocycles. The topological polar surface area (TPSA) is 42.0 Å². The maximum Gasteiger partial charge on any atom is 0.266 e. The van der Waals surface area contributed by atoms with Crippen LogP contribution in [0, 0.1) is 0 Å². The molecule has 142 valence electrons. The number of hydrogen-bond acceptors (Lipinski definition) is 6. The predicted molar refractivity (Wildman–Crippen MR) is 112 cm³/mol. The van der Waals surface area contributed by atoms with Crippen molar-refractivity contribution in [3.63, 3.8) is 0 Å². The van der Waals surface area contributed by atoms with Crippen LogP contribution in [-0.4, -0.2) is 60.4 Å². The van der Waals surface area contributed by atoms with Gasteiger partial charge in [-0.3, -0.25) is 9.69 Å². The second kappa shape index (κ2) is 9.94. The van der Waals surface area contributed by atoms with Gasteiger partial charge in [0.2, 0.25) is 0 Å². The summed E-state index contributed by atoms with van der Waals surface area (Å²) in [7, 11) is 3.19. The monoisotopic (exact) mass is 394 g/mol. The second-order valence-corrected chi connectivity index (χ2v) is 7.47. The molecule has 0 radical (unpaired) electrons. The maximum absolute atomic E-state index is 12.8. The Morgan fingerprint density at radius 2 is 1.96 bits per heavy atom. The fourth-order valence-electron chi connectivity index (χ4n) is 2.85. The molecule has 1 heterocycles. The Labute approximate surface area is 165 Å². The van der Waals surface area contributed by atoms with Crippen LogP contribution in [0.25, 0.3) is 6.08 Å². The molecular formula is C19H26N2O3S2. The molecule has 1 amide bonds. The average molecular weight is 395 g/mol. The molecule has 0 aliphatic carbocycles. The van der Waals surface area contributed by atoms with Crippen LogP contribution in [0.15, 0.2) is 23.1 Å². The van der Waals surface area contributed by atoms with Gasteiger partial charge in [-0.25, -0.2) is 0 Å². The van der Waals surface area contributed by atoms with E-state index in [9.17, 15) is 4.79 Å². The maximum atomic E-state index is 12.8. The summed E-state index contributed by atoms with van der Waals surface area (Å²) in [6.07, 6.45) is 2.73. The van der Waals surface area contributed by atoms with Crippen molar-refractivity contribution in [3.05, 3.63) is 28.7 Å². The number of hydrogen-bond donors (Lipinski definition) is 0. The number of amides is 1. The van der Waals surface area contributed by atoms with Gasteiger partial charge in [0.05, 0.1) is 19.1 Å². The Kier molecular flexibility index (Phi) is 7.93. The fourth-order valence-corrected chi connectivity index (χ4v) is 4.15. The molecule has 5 nitrogen and oxygen atoms in total. The predicted octanol–water partition coefficient (Wildman–Crippen LogP) is 3.64. The molecule has 0 aromatic heterocycles. The van der Waals surface area contributed by atoms with E-state index in [4.69, 9.17) is 21.7 Å². The van der Waals surface area contributed by atoms with E-state index in [-0.39, 0.29) is 5.91 Å². The smallest absolute Gasteiger partial charge is 0.266 e. The van der Waals surface area contributed by atoms with Crippen LogP contribution in [0.5, 0.6) is 11.5 Å². The molecule has 1 fully saturated rings. The highest BCUT2D eigenvalue weighted by Crippen LogP contribution is 2.37. The van der Waals surface area contributed by atoms with Gasteiger partial charge in [-0.15, -0.1) is 0 Å². The average Bonchev–Trinajstić information content (AvgIpc) is 2.92. The minimum absolute atomic E-state index is 0.0376. The Bertz CT molecular complexity index is 687. The summed E-state index contributed by atoms with van der Waals surface area (Å²) < 4.78 is 11.4. The SMILES string of the molecule is CCN(CC)CCCN1C(=O)C(=Cc2cccc(OC)c2OC)SC1=S. The highest BCUT2D eigenvalue weighted by Gasteiger charge is 2.31. The molecule has 1 aliphatic rings. The zero-order valence-corrected chi connectivity index (χ0v) is 17.4. The van der Waals surface area contributed by atoms with E-state index in [0.29, 0.717) is 27.3 Å². The molecule has 0 unspecified atom stereocenters. The Balaban J connectivity index is 2.12. The summed E-state index contributed by atoms with van der Waals surface area (Å²) in [5.74, 6) is 1.21. The van der Waals surface area contributed by atoms with Crippen LogP contribution < -0.4 is 9.47 Å². The van der Waals surface area contributed by atoms with Crippen molar-refractivity contribution < 1.29 is 14.3 Å². The van der Waals surface area contributed by atoms with E-state index < -0.39 is 0 Å². The number of rotatable bonds is 9. The van der Waals surface area contributed by atoms with Gasteiger partial charge >= 0.3 is 0 Å². The number of carbonyl (C=O) groups is 1. The lowest BCUT2D eigenvalue weighted by Crippen LogP contribution is -2.32. The summed E-state index contributed by atoms with van der Waals surface area (Å²) in [6, 6.07) is 5.60. The Morgan fingerprint density at radius 1 is 1.23 bits per heavy atom. The molecule has 1 aliphatic heterocycles. The van der Waals surface area contributed by atoms with Gasteiger partial charge in [0.15, 0.2) is 11.5 Å². The van der Waals surface area contributed by atoms with Gasteiger partial charge in [0.1, 0.15) is 4.32 Å². The number of methoxy groups -OCH3 is 2. The third-order valence-electron chi connectivity index (χ3n) is 4.34. The van der Waals surface area contributed by atoms with Crippen molar-refractivity contribution in [1.29, 1.82) is 0 Å². The standard InChI is InChI=1S/C19H26N2O3S2/c1-5-20(6-2)11-8-12-21-18(22)16(26-19(21)25)13-14-9-7-10-15(23-3)17(14)24-4/h7,9-10,13H,5-6,8,11-12H2,1-4H3. The lowest BCUT2D eigenvalue weighted by molar-refractivity contribution is -0.122. The Hall–Kier alpha value is -1.57. The van der Waals surface area contributed by atoms with Crippen molar-refractivity contribution in [3.8, 4) is 11.5 Å². The summed E-state index contributed by atoms with van der Waals surface area (Å²) in [4.78, 5) is 17.4. The van der Waals surface area contributed by atoms with Crippen LogP contribution in [-0.2, 0) is 4.79 Å². The summed E-state index contributed by atoms with van der Waals surface area (Å²) in [6.45, 7) is 7.94. The summed E-state index contributed by atoms with van der Waals surface area (Å²) in [5.41, 5.74) is 0.801. The van der Waals surface area contributed by atoms with Gasteiger partial charge in [-0.1, -0.05) is 50.0 Å². The van der Waals surface area contributed by atoms with Gasteiger partial charge in [0, 0.05) is 12.1 Å². The number of ether oxygens (including phenoxy) is 2. The number of nitrogens with zero attached hydrogens (tertiary/aromatic N) is 2. The number of carbonyl (C=O) groups excluding carboxylic acids is 1. The molecule has 0 spiro atoms. The quantitative estimate of drug-likeness (QED) is 0.471. The van der Waals surface area contributed by atoms with E-state index >= 15 is 0 Å². The molecule has 1 aromatic rings. The highest BCUT2D eigenvalue weighted by molar-refractivity contribution is 8.26. The third-order valence-corrected chi connectivity index (χ3v) is 5.72. The van der Waals surface area contributed by atoms with Gasteiger partial charge < -0.3 is 14.4 Å². The van der Waals surface area contributed by atoms with Crippen molar-refractivity contribution >= 4 is 40.3 Å². The molecule has 26 heavy (non-hydrogen) atoms. The van der Waals surface area contributed by atoms with Crippen molar-refractivity contribution in [2.45, 2.75) is 20.3 Å². The molecule has 7 heteroatoms. The first-order valence-electron chi connectivity index (χ1n) is 8.74. The van der Waals surface area contributed by atoms with E-state index in [1.165, 1.54) is 11.8 Å². The van der Waals surface area contributed by atoms with Gasteiger partial charge in [-0.2, -0.15) is 0 Å². The minimum Gasteiger partial charge on any atom is -0.493 e. The normalized spacial score (nSPS) is 16.0. The first-order chi connectivity index (χ1) is 12.5. The molecule has 0 N–H and O–H groups in total. The number of benzene rings is 1. The number of thiocarbonyl (C=S) groups is 1. The van der Waals surface area contributed by atoms with Crippen molar-refractivity contribution in [2.24, 2.45) is 0 Å². The first kappa shape index (κ1) is 20.7. The largest absolute Gasteiger partial charge is 0.493 e. The molecule has 0 bridgehead atoms.